The normalized spacial score (nSPS) is 12.6. The molecule has 13 rings (SSSR count). The van der Waals surface area contributed by atoms with E-state index in [1.807, 2.05) is 0 Å². The van der Waals surface area contributed by atoms with Gasteiger partial charge in [0.25, 0.3) is 0 Å². The second-order valence-electron chi connectivity index (χ2n) is 17.6. The number of aromatic nitrogens is 1. The fourth-order valence-electron chi connectivity index (χ4n) is 11.2. The molecule has 0 atom stereocenters. The van der Waals surface area contributed by atoms with E-state index in [-0.39, 0.29) is 0 Å². The molecule has 0 N–H and O–H groups in total. The molecule has 0 saturated carbocycles. The molecule has 0 fully saturated rings. The minimum absolute atomic E-state index is 0.523. The van der Waals surface area contributed by atoms with Crippen molar-refractivity contribution in [1.29, 1.82) is 0 Å². The van der Waals surface area contributed by atoms with Crippen molar-refractivity contribution in [3.05, 3.63) is 289 Å². The van der Waals surface area contributed by atoms with Gasteiger partial charge in [-0.05, 0) is 127 Å². The van der Waals surface area contributed by atoms with Gasteiger partial charge in [0.15, 0.2) is 0 Å². The molecule has 0 radical (unpaired) electrons. The number of rotatable bonds is 8. The molecule has 0 bridgehead atoms. The number of benzene rings is 11. The second-order valence-corrected chi connectivity index (χ2v) is 17.6. The second kappa shape index (κ2) is 15.8. The molecule has 1 aromatic heterocycles. The van der Waals surface area contributed by atoms with Gasteiger partial charge < -0.3 is 9.47 Å². The van der Waals surface area contributed by atoms with Crippen molar-refractivity contribution < 1.29 is 0 Å². The summed E-state index contributed by atoms with van der Waals surface area (Å²) in [7, 11) is 0. The summed E-state index contributed by atoms with van der Waals surface area (Å²) in [6, 6.07) is 98.1. The molecule has 12 aromatic rings. The predicted octanol–water partition coefficient (Wildman–Crippen LogP) is 17.1. The zero-order chi connectivity index (χ0) is 44.3. The van der Waals surface area contributed by atoms with Crippen LogP contribution in [-0.4, -0.2) is 4.57 Å². The van der Waals surface area contributed by atoms with Crippen LogP contribution in [0.25, 0.3) is 71.6 Å². The zero-order valence-electron chi connectivity index (χ0n) is 36.8. The van der Waals surface area contributed by atoms with E-state index < -0.39 is 5.41 Å². The lowest BCUT2D eigenvalue weighted by molar-refractivity contribution is 0.768. The minimum atomic E-state index is -0.523. The predicted molar refractivity (Wildman–Crippen MR) is 281 cm³/mol. The lowest BCUT2D eigenvalue weighted by Gasteiger charge is -2.35. The largest absolute Gasteiger partial charge is 0.310 e. The third kappa shape index (κ3) is 6.11. The SMILES string of the molecule is c1ccc(-c2cccc3cccc(-c4ccc(N(c5ccc(-n6c7ccccc7c7ccccc76)cc5)c5ccc6c(c5)C(c5ccccc5)(c5ccccc5)c5ccccc5-6)cc4)c23)cc1. The monoisotopic (exact) mass is 852 g/mol. The summed E-state index contributed by atoms with van der Waals surface area (Å²) in [6.07, 6.45) is 0. The molecule has 67 heavy (non-hydrogen) atoms. The first-order valence-corrected chi connectivity index (χ1v) is 23.2. The van der Waals surface area contributed by atoms with Crippen LogP contribution in [0.3, 0.4) is 0 Å². The summed E-state index contributed by atoms with van der Waals surface area (Å²) in [5.74, 6) is 0. The molecule has 1 aliphatic carbocycles. The van der Waals surface area contributed by atoms with Crippen molar-refractivity contribution in [2.24, 2.45) is 0 Å². The summed E-state index contributed by atoms with van der Waals surface area (Å²) in [6.45, 7) is 0. The maximum absolute atomic E-state index is 2.46. The van der Waals surface area contributed by atoms with E-state index in [1.165, 1.54) is 88.2 Å². The Morgan fingerprint density at radius 2 is 0.776 bits per heavy atom. The van der Waals surface area contributed by atoms with E-state index in [1.54, 1.807) is 0 Å². The Kier molecular flexibility index (Phi) is 9.11. The first kappa shape index (κ1) is 38.7. The third-order valence-electron chi connectivity index (χ3n) is 14.1. The molecule has 0 amide bonds. The van der Waals surface area contributed by atoms with Crippen molar-refractivity contribution in [3.8, 4) is 39.1 Å². The molecule has 1 aliphatic rings. The lowest BCUT2D eigenvalue weighted by Crippen LogP contribution is -2.28. The Balaban J connectivity index is 1.01. The van der Waals surface area contributed by atoms with Crippen LogP contribution in [0.5, 0.6) is 0 Å². The Morgan fingerprint density at radius 1 is 0.313 bits per heavy atom. The number of nitrogens with zero attached hydrogens (tertiary/aromatic N) is 2. The lowest BCUT2D eigenvalue weighted by atomic mass is 9.67. The molecule has 0 saturated heterocycles. The smallest absolute Gasteiger partial charge is 0.0714 e. The van der Waals surface area contributed by atoms with Crippen LogP contribution in [-0.2, 0) is 5.41 Å². The van der Waals surface area contributed by atoms with E-state index in [2.05, 4.69) is 276 Å². The van der Waals surface area contributed by atoms with E-state index >= 15 is 0 Å². The molecule has 314 valence electrons. The van der Waals surface area contributed by atoms with Crippen molar-refractivity contribution in [3.63, 3.8) is 0 Å². The summed E-state index contributed by atoms with van der Waals surface area (Å²) in [5.41, 5.74) is 18.7. The van der Waals surface area contributed by atoms with E-state index in [4.69, 9.17) is 0 Å². The highest BCUT2D eigenvalue weighted by Crippen LogP contribution is 2.57. The molecule has 2 heteroatoms. The van der Waals surface area contributed by atoms with E-state index in [9.17, 15) is 0 Å². The van der Waals surface area contributed by atoms with Gasteiger partial charge in [-0.15, -0.1) is 0 Å². The van der Waals surface area contributed by atoms with Gasteiger partial charge in [-0.3, -0.25) is 0 Å². The van der Waals surface area contributed by atoms with Crippen LogP contribution in [0.15, 0.2) is 267 Å². The average Bonchev–Trinajstić information content (AvgIpc) is 3.90. The Bertz CT molecular complexity index is 3680. The van der Waals surface area contributed by atoms with Crippen LogP contribution in [0.2, 0.25) is 0 Å². The van der Waals surface area contributed by atoms with Crippen LogP contribution in [0, 0.1) is 0 Å². The number of para-hydroxylation sites is 2. The van der Waals surface area contributed by atoms with Gasteiger partial charge in [-0.2, -0.15) is 0 Å². The van der Waals surface area contributed by atoms with Gasteiger partial charge in [-0.25, -0.2) is 0 Å². The average molecular weight is 853 g/mol. The van der Waals surface area contributed by atoms with E-state index in [0.29, 0.717) is 0 Å². The van der Waals surface area contributed by atoms with Gasteiger partial charge in [0, 0.05) is 33.5 Å². The number of fused-ring (bicyclic) bond motifs is 7. The van der Waals surface area contributed by atoms with Crippen LogP contribution in [0.1, 0.15) is 22.3 Å². The van der Waals surface area contributed by atoms with Gasteiger partial charge >= 0.3 is 0 Å². The molecule has 0 unspecified atom stereocenters. The molecule has 2 nitrogen and oxygen atoms in total. The van der Waals surface area contributed by atoms with Gasteiger partial charge in [0.1, 0.15) is 0 Å². The fraction of sp³-hybridized carbons (Fsp3) is 0.0154. The van der Waals surface area contributed by atoms with Crippen LogP contribution in [0.4, 0.5) is 17.1 Å². The van der Waals surface area contributed by atoms with Crippen molar-refractivity contribution in [2.45, 2.75) is 5.41 Å². The topological polar surface area (TPSA) is 8.17 Å². The standard InChI is InChI=1S/C65H44N2/c1-4-18-45(19-5-1)54-29-16-20-47-21-17-30-55(64(47)54)46-34-36-50(37-35-46)66(51-38-40-52(41-39-51)67-62-32-14-11-27-58(62)59-28-12-15-33-63(59)67)53-42-43-57-56-26-10-13-31-60(56)65(61(57)44-53,48-22-6-2-7-23-48)49-24-8-3-9-25-49/h1-44H. The Hall–Kier alpha value is -8.72. The van der Waals surface area contributed by atoms with Crippen molar-refractivity contribution in [1.82, 2.24) is 4.57 Å². The first-order chi connectivity index (χ1) is 33.3. The molecular weight excluding hydrogens is 809 g/mol. The summed E-state index contributed by atoms with van der Waals surface area (Å²) in [4.78, 5) is 2.43. The number of hydrogen-bond donors (Lipinski definition) is 0. The molecule has 11 aromatic carbocycles. The van der Waals surface area contributed by atoms with Gasteiger partial charge in [-0.1, -0.05) is 206 Å². The van der Waals surface area contributed by atoms with Crippen molar-refractivity contribution in [2.75, 3.05) is 4.90 Å². The van der Waals surface area contributed by atoms with Crippen molar-refractivity contribution >= 4 is 49.6 Å². The van der Waals surface area contributed by atoms with Gasteiger partial charge in [0.05, 0.1) is 16.4 Å². The maximum Gasteiger partial charge on any atom is 0.0714 e. The highest BCUT2D eigenvalue weighted by molar-refractivity contribution is 6.09. The Labute approximate surface area is 390 Å². The molecule has 0 spiro atoms. The number of hydrogen-bond acceptors (Lipinski definition) is 1. The quantitative estimate of drug-likeness (QED) is 0.148. The van der Waals surface area contributed by atoms with Crippen LogP contribution < -0.4 is 4.90 Å². The minimum Gasteiger partial charge on any atom is -0.310 e. The maximum atomic E-state index is 2.46. The van der Waals surface area contributed by atoms with Gasteiger partial charge in [0.2, 0.25) is 0 Å². The Morgan fingerprint density at radius 3 is 1.39 bits per heavy atom. The van der Waals surface area contributed by atoms with Crippen LogP contribution >= 0.6 is 0 Å². The first-order valence-electron chi connectivity index (χ1n) is 23.2. The molecule has 1 heterocycles. The summed E-state index contributed by atoms with van der Waals surface area (Å²) < 4.78 is 2.39. The summed E-state index contributed by atoms with van der Waals surface area (Å²) in [5, 5.41) is 5.00. The third-order valence-corrected chi connectivity index (χ3v) is 14.1. The highest BCUT2D eigenvalue weighted by atomic mass is 15.1. The molecular formula is C65H44N2. The highest BCUT2D eigenvalue weighted by Gasteiger charge is 2.46. The fourth-order valence-corrected chi connectivity index (χ4v) is 11.2. The molecule has 0 aliphatic heterocycles. The number of anilines is 3. The summed E-state index contributed by atoms with van der Waals surface area (Å²) >= 11 is 0. The zero-order valence-corrected chi connectivity index (χ0v) is 36.8. The van der Waals surface area contributed by atoms with E-state index in [0.717, 1.165) is 22.7 Å².